The molecule has 0 fully saturated rings. The van der Waals surface area contributed by atoms with Crippen LogP contribution in [0.25, 0.3) is 11.0 Å². The second kappa shape index (κ2) is 12.4. The minimum atomic E-state index is -0.966. The highest BCUT2D eigenvalue weighted by molar-refractivity contribution is 5.96. The number of amides is 1. The highest BCUT2D eigenvalue weighted by Crippen LogP contribution is 2.17. The molecule has 2 aromatic heterocycles. The lowest BCUT2D eigenvalue weighted by molar-refractivity contribution is -0.146. The number of benzene rings is 1. The topological polar surface area (TPSA) is 156 Å². The Labute approximate surface area is 207 Å². The van der Waals surface area contributed by atoms with Gasteiger partial charge in [0, 0.05) is 18.2 Å². The van der Waals surface area contributed by atoms with Crippen molar-refractivity contribution in [2.75, 3.05) is 13.2 Å². The van der Waals surface area contributed by atoms with E-state index in [1.807, 2.05) is 12.1 Å². The minimum absolute atomic E-state index is 0.0197. The number of aromatic amines is 2. The fraction of sp³-hybridized carbons (Fsp3) is 0.360. The average Bonchev–Trinajstić information content (AvgIpc) is 3.29. The molecule has 0 radical (unpaired) electrons. The number of aromatic nitrogens is 3. The second-order valence-corrected chi connectivity index (χ2v) is 7.90. The third-order valence-electron chi connectivity index (χ3n) is 5.48. The molecular weight excluding hydrogens is 466 g/mol. The number of ether oxygens (including phenoxy) is 2. The number of fused-ring (bicyclic) bond motifs is 1. The van der Waals surface area contributed by atoms with E-state index in [9.17, 15) is 19.2 Å². The molecule has 3 N–H and O–H groups in total. The fourth-order valence-electron chi connectivity index (χ4n) is 3.69. The zero-order valence-corrected chi connectivity index (χ0v) is 20.3. The molecule has 0 unspecified atom stereocenters. The van der Waals surface area contributed by atoms with Crippen LogP contribution >= 0.6 is 0 Å². The number of nitrogens with one attached hydrogen (secondary N) is 3. The SMILES string of the molecule is C=Nc1nc2[nH]cc(CCc3ccc(C(=O)N[C@@H](CCC(=O)OCC)C(=O)OCC)cc3)c2c(=O)[nH]1. The summed E-state index contributed by atoms with van der Waals surface area (Å²) in [6.45, 7) is 7.13. The molecule has 1 atom stereocenters. The summed E-state index contributed by atoms with van der Waals surface area (Å²) in [4.78, 5) is 62.4. The highest BCUT2D eigenvalue weighted by atomic mass is 16.5. The molecule has 11 nitrogen and oxygen atoms in total. The number of carbonyl (C=O) groups is 3. The summed E-state index contributed by atoms with van der Waals surface area (Å²) in [7, 11) is 0. The Morgan fingerprint density at radius 1 is 1.11 bits per heavy atom. The largest absolute Gasteiger partial charge is 0.466 e. The Hall–Kier alpha value is -4.28. The zero-order valence-electron chi connectivity index (χ0n) is 20.3. The van der Waals surface area contributed by atoms with Crippen LogP contribution in [0.2, 0.25) is 0 Å². The number of hydrogen-bond donors (Lipinski definition) is 3. The van der Waals surface area contributed by atoms with Crippen molar-refractivity contribution < 1.29 is 23.9 Å². The van der Waals surface area contributed by atoms with Crippen LogP contribution in [0.3, 0.4) is 0 Å². The van der Waals surface area contributed by atoms with Crippen molar-refractivity contribution in [3.8, 4) is 0 Å². The molecule has 3 aromatic rings. The van der Waals surface area contributed by atoms with E-state index in [-0.39, 0.29) is 37.6 Å². The first-order valence-corrected chi connectivity index (χ1v) is 11.6. The molecule has 190 valence electrons. The molecule has 0 spiro atoms. The third kappa shape index (κ3) is 6.65. The van der Waals surface area contributed by atoms with E-state index >= 15 is 0 Å². The maximum atomic E-state index is 12.7. The van der Waals surface area contributed by atoms with Crippen LogP contribution in [0.15, 0.2) is 40.2 Å². The third-order valence-corrected chi connectivity index (χ3v) is 5.48. The Kier molecular flexibility index (Phi) is 9.09. The standard InChI is InChI=1S/C25H29N5O6/c1-4-35-19(31)13-12-18(24(34)36-5-2)28-22(32)16-9-6-15(7-10-16)8-11-17-14-27-21-20(17)23(33)30-25(26-3)29-21/h6-7,9-10,14,18H,3-5,8,11-13H2,1-2H3,(H,28,32)(H2,27,29,30,33)/t18-/m0/s1. The van der Waals surface area contributed by atoms with E-state index in [0.717, 1.165) is 11.1 Å². The number of H-pyrrole nitrogens is 2. The zero-order chi connectivity index (χ0) is 26.1. The summed E-state index contributed by atoms with van der Waals surface area (Å²) in [6, 6.07) is 5.97. The van der Waals surface area contributed by atoms with Gasteiger partial charge in [0.05, 0.1) is 18.6 Å². The number of esters is 2. The summed E-state index contributed by atoms with van der Waals surface area (Å²) < 4.78 is 9.92. The quantitative estimate of drug-likeness (QED) is 0.257. The summed E-state index contributed by atoms with van der Waals surface area (Å²) in [6.07, 6.45) is 3.00. The van der Waals surface area contributed by atoms with Crippen LogP contribution in [0, 0.1) is 0 Å². The molecule has 36 heavy (non-hydrogen) atoms. The molecule has 11 heteroatoms. The van der Waals surface area contributed by atoms with Gasteiger partial charge in [-0.1, -0.05) is 12.1 Å². The number of hydrogen-bond acceptors (Lipinski definition) is 8. The van der Waals surface area contributed by atoms with Gasteiger partial charge in [0.15, 0.2) is 0 Å². The summed E-state index contributed by atoms with van der Waals surface area (Å²) >= 11 is 0. The van der Waals surface area contributed by atoms with Crippen molar-refractivity contribution in [3.63, 3.8) is 0 Å². The number of aliphatic imine (C=N–C) groups is 1. The van der Waals surface area contributed by atoms with Crippen molar-refractivity contribution >= 4 is 41.5 Å². The summed E-state index contributed by atoms with van der Waals surface area (Å²) in [5, 5.41) is 3.12. The molecule has 0 aliphatic heterocycles. The van der Waals surface area contributed by atoms with Crippen molar-refractivity contribution in [2.24, 2.45) is 4.99 Å². The molecule has 0 bridgehead atoms. The van der Waals surface area contributed by atoms with Gasteiger partial charge >= 0.3 is 11.9 Å². The van der Waals surface area contributed by atoms with Crippen LogP contribution in [-0.2, 0) is 31.9 Å². The first-order valence-electron chi connectivity index (χ1n) is 11.6. The Bertz CT molecular complexity index is 1290. The monoisotopic (exact) mass is 495 g/mol. The van der Waals surface area contributed by atoms with E-state index in [1.54, 1.807) is 32.2 Å². The predicted molar refractivity (Wildman–Crippen MR) is 134 cm³/mol. The number of carbonyl (C=O) groups excluding carboxylic acids is 3. The van der Waals surface area contributed by atoms with E-state index in [0.29, 0.717) is 29.4 Å². The van der Waals surface area contributed by atoms with E-state index in [2.05, 4.69) is 32.0 Å². The predicted octanol–water partition coefficient (Wildman–Crippen LogP) is 2.37. The van der Waals surface area contributed by atoms with Gasteiger partial charge in [-0.25, -0.2) is 9.79 Å². The molecule has 2 heterocycles. The first-order chi connectivity index (χ1) is 17.4. The first kappa shape index (κ1) is 26.3. The van der Waals surface area contributed by atoms with Gasteiger partial charge in [-0.2, -0.15) is 4.98 Å². The molecule has 0 saturated heterocycles. The normalized spacial score (nSPS) is 11.6. The average molecular weight is 496 g/mol. The van der Waals surface area contributed by atoms with Gasteiger partial charge in [0.2, 0.25) is 5.95 Å². The van der Waals surface area contributed by atoms with Gasteiger partial charge in [-0.05, 0) is 63.1 Å². The Balaban J connectivity index is 1.63. The molecule has 0 saturated carbocycles. The Morgan fingerprint density at radius 3 is 2.50 bits per heavy atom. The van der Waals surface area contributed by atoms with Crippen LogP contribution in [0.1, 0.15) is 48.2 Å². The number of rotatable bonds is 12. The fourth-order valence-corrected chi connectivity index (χ4v) is 3.69. The Morgan fingerprint density at radius 2 is 1.83 bits per heavy atom. The second-order valence-electron chi connectivity index (χ2n) is 7.90. The molecule has 3 rings (SSSR count). The van der Waals surface area contributed by atoms with E-state index < -0.39 is 23.9 Å². The van der Waals surface area contributed by atoms with Crippen LogP contribution in [0.5, 0.6) is 0 Å². The van der Waals surface area contributed by atoms with Crippen LogP contribution in [-0.4, -0.2) is 58.8 Å². The lowest BCUT2D eigenvalue weighted by Crippen LogP contribution is -2.42. The van der Waals surface area contributed by atoms with E-state index in [4.69, 9.17) is 9.47 Å². The molecule has 1 aromatic carbocycles. The van der Waals surface area contributed by atoms with Gasteiger partial charge in [-0.3, -0.25) is 19.4 Å². The maximum absolute atomic E-state index is 12.7. The van der Waals surface area contributed by atoms with Gasteiger partial charge in [-0.15, -0.1) is 0 Å². The molecule has 0 aliphatic rings. The number of nitrogens with zero attached hydrogens (tertiary/aromatic N) is 2. The van der Waals surface area contributed by atoms with Crippen molar-refractivity contribution in [1.29, 1.82) is 0 Å². The van der Waals surface area contributed by atoms with Crippen LogP contribution in [0.4, 0.5) is 5.95 Å². The smallest absolute Gasteiger partial charge is 0.328 e. The maximum Gasteiger partial charge on any atom is 0.328 e. The van der Waals surface area contributed by atoms with Gasteiger partial charge in [0.1, 0.15) is 11.7 Å². The minimum Gasteiger partial charge on any atom is -0.466 e. The highest BCUT2D eigenvalue weighted by Gasteiger charge is 2.24. The van der Waals surface area contributed by atoms with Crippen molar-refractivity contribution in [3.05, 3.63) is 57.5 Å². The van der Waals surface area contributed by atoms with Crippen molar-refractivity contribution in [1.82, 2.24) is 20.3 Å². The number of aryl methyl sites for hydroxylation is 2. The molecule has 1 amide bonds. The summed E-state index contributed by atoms with van der Waals surface area (Å²) in [5.74, 6) is -1.35. The van der Waals surface area contributed by atoms with Gasteiger partial charge < -0.3 is 19.8 Å². The molecular formula is C25H29N5O6. The summed E-state index contributed by atoms with van der Waals surface area (Å²) in [5.41, 5.74) is 2.29. The van der Waals surface area contributed by atoms with Crippen LogP contribution < -0.4 is 10.9 Å². The van der Waals surface area contributed by atoms with E-state index in [1.165, 1.54) is 0 Å². The van der Waals surface area contributed by atoms with Crippen molar-refractivity contribution in [2.45, 2.75) is 45.6 Å². The van der Waals surface area contributed by atoms with Gasteiger partial charge in [0.25, 0.3) is 11.5 Å². The lowest BCUT2D eigenvalue weighted by atomic mass is 10.0. The molecule has 0 aliphatic carbocycles. The lowest BCUT2D eigenvalue weighted by Gasteiger charge is -2.17.